The zero-order valence-electron chi connectivity index (χ0n) is 21.0. The maximum atomic E-state index is 13.8. The van der Waals surface area contributed by atoms with E-state index in [0.29, 0.717) is 26.1 Å². The van der Waals surface area contributed by atoms with E-state index in [1.807, 2.05) is 0 Å². The van der Waals surface area contributed by atoms with E-state index < -0.39 is 26.1 Å². The molecule has 1 amide bonds. The number of amides is 1. The molecule has 0 aromatic rings. The SMILES string of the molecule is C[C@]12CC(=O)C3=C(CCC45CC6C(O[Si](C)(C)C)C(O[C@@H](O4)N6C=O)C5=C3)[C@@H]1CCC21OCCO1. The molecule has 0 aromatic carbocycles. The van der Waals surface area contributed by atoms with Crippen LogP contribution in [0.4, 0.5) is 0 Å². The summed E-state index contributed by atoms with van der Waals surface area (Å²) in [7, 11) is -1.92. The van der Waals surface area contributed by atoms with E-state index in [-0.39, 0.29) is 35.4 Å². The van der Waals surface area contributed by atoms with Crippen molar-refractivity contribution < 1.29 is 33.0 Å². The van der Waals surface area contributed by atoms with Gasteiger partial charge in [-0.15, -0.1) is 0 Å². The van der Waals surface area contributed by atoms with Gasteiger partial charge in [-0.3, -0.25) is 14.5 Å². The first-order valence-corrected chi connectivity index (χ1v) is 16.5. The number of hydrogen-bond acceptors (Lipinski definition) is 7. The molecule has 4 saturated heterocycles. The average Bonchev–Trinajstić information content (AvgIpc) is 3.32. The van der Waals surface area contributed by atoms with E-state index in [1.165, 1.54) is 5.57 Å². The summed E-state index contributed by atoms with van der Waals surface area (Å²) in [5.74, 6) is -0.235. The molecule has 8 rings (SSSR count). The maximum absolute atomic E-state index is 13.8. The molecular formula is C26H35NO7Si. The van der Waals surface area contributed by atoms with Crippen LogP contribution in [-0.4, -0.2) is 74.7 Å². The third-order valence-corrected chi connectivity index (χ3v) is 10.7. The molecule has 2 saturated carbocycles. The Morgan fingerprint density at radius 2 is 1.97 bits per heavy atom. The van der Waals surface area contributed by atoms with Gasteiger partial charge in [0.15, 0.2) is 19.9 Å². The van der Waals surface area contributed by atoms with Crippen LogP contribution in [0.15, 0.2) is 22.8 Å². The van der Waals surface area contributed by atoms with E-state index in [4.69, 9.17) is 23.4 Å². The molecule has 4 aliphatic carbocycles. The highest BCUT2D eigenvalue weighted by molar-refractivity contribution is 6.69. The van der Waals surface area contributed by atoms with Gasteiger partial charge in [0.05, 0.1) is 31.0 Å². The summed E-state index contributed by atoms with van der Waals surface area (Å²) in [5.41, 5.74) is 2.22. The largest absolute Gasteiger partial charge is 0.410 e. The Bertz CT molecular complexity index is 1060. The lowest BCUT2D eigenvalue weighted by molar-refractivity contribution is -0.379. The van der Waals surface area contributed by atoms with E-state index in [9.17, 15) is 9.59 Å². The molecule has 8 aliphatic rings. The van der Waals surface area contributed by atoms with Crippen LogP contribution in [0.1, 0.15) is 45.4 Å². The number of carbonyl (C=O) groups excluding carboxylic acids is 2. The van der Waals surface area contributed by atoms with Gasteiger partial charge in [-0.2, -0.15) is 0 Å². The van der Waals surface area contributed by atoms with Crippen LogP contribution >= 0.6 is 0 Å². The highest BCUT2D eigenvalue weighted by Gasteiger charge is 2.67. The quantitative estimate of drug-likeness (QED) is 0.434. The predicted molar refractivity (Wildman–Crippen MR) is 126 cm³/mol. The molecule has 4 unspecified atom stereocenters. The van der Waals surface area contributed by atoms with Crippen LogP contribution in [0.5, 0.6) is 0 Å². The van der Waals surface area contributed by atoms with Gasteiger partial charge in [-0.05, 0) is 56.5 Å². The minimum Gasteiger partial charge on any atom is -0.410 e. The van der Waals surface area contributed by atoms with E-state index in [0.717, 1.165) is 43.2 Å². The summed E-state index contributed by atoms with van der Waals surface area (Å²) in [6.45, 7) is 9.85. The number of ether oxygens (including phenoxy) is 4. The Kier molecular flexibility index (Phi) is 4.65. The van der Waals surface area contributed by atoms with Gasteiger partial charge >= 0.3 is 0 Å². The molecule has 2 spiro atoms. The predicted octanol–water partition coefficient (Wildman–Crippen LogP) is 3.04. The summed E-state index contributed by atoms with van der Waals surface area (Å²) in [6.07, 6.45) is 6.16. The number of rotatable bonds is 3. The molecule has 7 atom stereocenters. The van der Waals surface area contributed by atoms with Gasteiger partial charge in [-0.1, -0.05) is 12.5 Å². The van der Waals surface area contributed by atoms with Crippen LogP contribution in [0.3, 0.4) is 0 Å². The van der Waals surface area contributed by atoms with Crippen LogP contribution < -0.4 is 0 Å². The standard InChI is InChI=1S/C26H35NO7Si/c1-24-13-20(29)16-11-18-21-22(34-35(2,3)4)19-12-25(18,33-23(32-21)27(19)14-28)7-5-15(16)17(24)6-8-26(24)30-9-10-31-26/h11,14,17,19,21-23H,5-10,12-13H2,1-4H3/t17-,19?,21?,22?,23-,24-,25?/m0/s1. The highest BCUT2D eigenvalue weighted by Crippen LogP contribution is 2.64. The van der Waals surface area contributed by atoms with Crippen LogP contribution in [0, 0.1) is 11.3 Å². The Balaban J connectivity index is 1.31. The summed E-state index contributed by atoms with van der Waals surface area (Å²) in [5, 5.41) is 0. The normalized spacial score (nSPS) is 45.4. The molecule has 8 nitrogen and oxygen atoms in total. The number of carbonyl (C=O) groups is 2. The second-order valence-corrected chi connectivity index (χ2v) is 17.1. The van der Waals surface area contributed by atoms with Crippen LogP contribution in [0.2, 0.25) is 19.6 Å². The summed E-state index contributed by atoms with van der Waals surface area (Å²) in [6, 6.07) is -0.0833. The zero-order valence-corrected chi connectivity index (χ0v) is 22.0. The Hall–Kier alpha value is -1.36. The lowest BCUT2D eigenvalue weighted by Gasteiger charge is -2.63. The van der Waals surface area contributed by atoms with Crippen molar-refractivity contribution in [2.75, 3.05) is 13.2 Å². The molecule has 0 radical (unpaired) electrons. The molecule has 6 fully saturated rings. The van der Waals surface area contributed by atoms with Crippen molar-refractivity contribution in [2.45, 2.75) is 101 Å². The zero-order chi connectivity index (χ0) is 24.4. The minimum atomic E-state index is -1.92. The summed E-state index contributed by atoms with van der Waals surface area (Å²) < 4.78 is 31.9. The lowest BCUT2D eigenvalue weighted by atomic mass is 9.63. The number of allylic oxidation sites excluding steroid dienone is 3. The van der Waals surface area contributed by atoms with Gasteiger partial charge in [0.25, 0.3) is 0 Å². The summed E-state index contributed by atoms with van der Waals surface area (Å²) in [4.78, 5) is 27.4. The fourth-order valence-corrected chi connectivity index (χ4v) is 9.40. The van der Waals surface area contributed by atoms with Gasteiger partial charge in [0, 0.05) is 30.3 Å². The highest BCUT2D eigenvalue weighted by atomic mass is 28.4. The molecule has 9 heteroatoms. The van der Waals surface area contributed by atoms with Gasteiger partial charge in [0.1, 0.15) is 6.10 Å². The Morgan fingerprint density at radius 1 is 1.20 bits per heavy atom. The number of nitrogens with zero attached hydrogens (tertiary/aromatic N) is 1. The summed E-state index contributed by atoms with van der Waals surface area (Å²) >= 11 is 0. The number of Topliss-reactive ketones (excluding diaryl/α,β-unsaturated/α-hetero) is 1. The molecule has 190 valence electrons. The second-order valence-electron chi connectivity index (χ2n) is 12.6. The monoisotopic (exact) mass is 501 g/mol. The average molecular weight is 502 g/mol. The lowest BCUT2D eigenvalue weighted by Crippen LogP contribution is -2.75. The van der Waals surface area contributed by atoms with Crippen molar-refractivity contribution in [1.29, 1.82) is 0 Å². The van der Waals surface area contributed by atoms with E-state index in [2.05, 4.69) is 32.6 Å². The number of ketones is 1. The Labute approximate surface area is 207 Å². The fraction of sp³-hybridized carbons (Fsp3) is 0.769. The molecular weight excluding hydrogens is 466 g/mol. The first-order valence-electron chi connectivity index (χ1n) is 13.1. The van der Waals surface area contributed by atoms with Gasteiger partial charge < -0.3 is 23.4 Å². The first kappa shape index (κ1) is 22.8. The third-order valence-electron chi connectivity index (χ3n) is 9.72. The van der Waals surface area contributed by atoms with Crippen molar-refractivity contribution in [3.8, 4) is 0 Å². The fourth-order valence-electron chi connectivity index (χ4n) is 8.30. The van der Waals surface area contributed by atoms with E-state index in [1.54, 1.807) is 4.90 Å². The molecule has 35 heavy (non-hydrogen) atoms. The molecule has 0 N–H and O–H groups in total. The van der Waals surface area contributed by atoms with Gasteiger partial charge in [-0.25, -0.2) is 0 Å². The Morgan fingerprint density at radius 3 is 2.69 bits per heavy atom. The molecule has 0 aromatic heterocycles. The second kappa shape index (κ2) is 7.14. The van der Waals surface area contributed by atoms with Crippen molar-refractivity contribution in [3.63, 3.8) is 0 Å². The van der Waals surface area contributed by atoms with Crippen LogP contribution in [0.25, 0.3) is 0 Å². The molecule has 4 aliphatic heterocycles. The van der Waals surface area contributed by atoms with Crippen molar-refractivity contribution in [3.05, 3.63) is 22.8 Å². The topological polar surface area (TPSA) is 83.5 Å². The van der Waals surface area contributed by atoms with E-state index >= 15 is 0 Å². The van der Waals surface area contributed by atoms with Crippen LogP contribution in [-0.2, 0) is 33.0 Å². The molecule has 4 bridgehead atoms. The third kappa shape index (κ3) is 2.91. The number of hydrogen-bond donors (Lipinski definition) is 0. The van der Waals surface area contributed by atoms with Crippen molar-refractivity contribution in [1.82, 2.24) is 4.90 Å². The van der Waals surface area contributed by atoms with Crippen molar-refractivity contribution in [2.24, 2.45) is 11.3 Å². The van der Waals surface area contributed by atoms with Crippen molar-refractivity contribution >= 4 is 20.5 Å². The first-order chi connectivity index (χ1) is 16.6. The molecule has 4 heterocycles. The van der Waals surface area contributed by atoms with Gasteiger partial charge in [0.2, 0.25) is 12.8 Å². The maximum Gasteiger partial charge on any atom is 0.244 e. The smallest absolute Gasteiger partial charge is 0.244 e. The minimum absolute atomic E-state index is 0.0833. The number of fused-ring (bicyclic) bond motifs is 3.